The van der Waals surface area contributed by atoms with Crippen LogP contribution in [0.15, 0.2) is 24.3 Å². The number of carboxylic acid groups (broad SMARTS) is 1. The van der Waals surface area contributed by atoms with Crippen molar-refractivity contribution < 1.29 is 27.9 Å². The summed E-state index contributed by atoms with van der Waals surface area (Å²) >= 11 is 0. The van der Waals surface area contributed by atoms with E-state index in [4.69, 9.17) is 10.8 Å². The molecule has 110 valence electrons. The molecule has 2 aromatic rings. The van der Waals surface area contributed by atoms with Gasteiger partial charge in [0, 0.05) is 5.56 Å². The lowest BCUT2D eigenvalue weighted by atomic mass is 10.2. The summed E-state index contributed by atoms with van der Waals surface area (Å²) in [6.45, 7) is 0. The molecule has 2 rings (SSSR count). The van der Waals surface area contributed by atoms with Gasteiger partial charge in [-0.05, 0) is 24.3 Å². The molecule has 0 unspecified atom stereocenters. The highest BCUT2D eigenvalue weighted by molar-refractivity contribution is 5.93. The molecule has 1 amide bonds. The zero-order valence-electron chi connectivity index (χ0n) is 10.1. The minimum atomic E-state index is -4.96. The number of aromatic nitrogens is 3. The van der Waals surface area contributed by atoms with E-state index < -0.39 is 29.4 Å². The maximum atomic E-state index is 13.0. The molecule has 0 saturated heterocycles. The number of carboxylic acids is 1. The molecular weight excluding hydrogens is 293 g/mol. The van der Waals surface area contributed by atoms with Gasteiger partial charge in [0.25, 0.3) is 0 Å². The van der Waals surface area contributed by atoms with Crippen LogP contribution in [-0.4, -0.2) is 32.0 Å². The molecule has 3 N–H and O–H groups in total. The van der Waals surface area contributed by atoms with Crippen LogP contribution in [0.5, 0.6) is 0 Å². The molecule has 0 saturated carbocycles. The van der Waals surface area contributed by atoms with Crippen molar-refractivity contribution >= 4 is 11.9 Å². The third-order valence-corrected chi connectivity index (χ3v) is 2.54. The molecule has 0 aliphatic rings. The zero-order chi connectivity index (χ0) is 15.8. The number of alkyl halides is 3. The average molecular weight is 300 g/mol. The third-order valence-electron chi connectivity index (χ3n) is 2.54. The molecule has 0 spiro atoms. The van der Waals surface area contributed by atoms with Crippen LogP contribution >= 0.6 is 0 Å². The molecule has 21 heavy (non-hydrogen) atoms. The molecular formula is C11H7F3N4O3. The van der Waals surface area contributed by atoms with Crippen molar-refractivity contribution in [3.8, 4) is 5.69 Å². The largest absolute Gasteiger partial charge is 0.476 e. The second kappa shape index (κ2) is 4.89. The Labute approximate surface area is 114 Å². The first kappa shape index (κ1) is 14.5. The fraction of sp³-hybridized carbons (Fsp3) is 0.0909. The Morgan fingerprint density at radius 2 is 1.76 bits per heavy atom. The smallest absolute Gasteiger partial charge is 0.436 e. The Hall–Kier alpha value is -2.91. The number of amides is 1. The fourth-order valence-corrected chi connectivity index (χ4v) is 1.63. The lowest BCUT2D eigenvalue weighted by molar-refractivity contribution is -0.143. The van der Waals surface area contributed by atoms with Gasteiger partial charge in [0.2, 0.25) is 11.6 Å². The minimum absolute atomic E-state index is 0.0888. The lowest BCUT2D eigenvalue weighted by Gasteiger charge is -2.10. The normalized spacial score (nSPS) is 11.4. The number of rotatable bonds is 3. The van der Waals surface area contributed by atoms with Gasteiger partial charge in [0.15, 0.2) is 5.69 Å². The van der Waals surface area contributed by atoms with Crippen molar-refractivity contribution in [3.05, 3.63) is 41.2 Å². The number of nitrogens with two attached hydrogens (primary N) is 1. The van der Waals surface area contributed by atoms with Crippen LogP contribution in [0, 0.1) is 0 Å². The number of nitrogens with zero attached hydrogens (tertiary/aromatic N) is 3. The number of carbonyl (C=O) groups is 2. The van der Waals surface area contributed by atoms with E-state index in [0.29, 0.717) is 4.68 Å². The maximum absolute atomic E-state index is 13.0. The number of aromatic carboxylic acids is 1. The SMILES string of the molecule is NC(=O)c1ccc(-n2nnc(C(=O)O)c2C(F)(F)F)cc1. The van der Waals surface area contributed by atoms with Crippen molar-refractivity contribution in [3.63, 3.8) is 0 Å². The number of benzene rings is 1. The van der Waals surface area contributed by atoms with Gasteiger partial charge in [-0.15, -0.1) is 5.10 Å². The number of primary amides is 1. The van der Waals surface area contributed by atoms with Crippen LogP contribution in [0.2, 0.25) is 0 Å². The minimum Gasteiger partial charge on any atom is -0.476 e. The second-order valence-electron chi connectivity index (χ2n) is 3.91. The molecule has 0 atom stereocenters. The standard InChI is InChI=1S/C11H7F3N4O3/c12-11(13,14)8-7(10(20)21)16-17-18(8)6-3-1-5(2-4-6)9(15)19/h1-4H,(H2,15,19)(H,20,21). The van der Waals surface area contributed by atoms with Gasteiger partial charge in [0.1, 0.15) is 0 Å². The van der Waals surface area contributed by atoms with E-state index in [1.807, 2.05) is 0 Å². The van der Waals surface area contributed by atoms with Gasteiger partial charge in [-0.25, -0.2) is 9.48 Å². The van der Waals surface area contributed by atoms with E-state index in [1.54, 1.807) is 0 Å². The van der Waals surface area contributed by atoms with Gasteiger partial charge in [0.05, 0.1) is 5.69 Å². The molecule has 0 fully saturated rings. The van der Waals surface area contributed by atoms with Crippen LogP contribution in [0.1, 0.15) is 26.5 Å². The van der Waals surface area contributed by atoms with Crippen LogP contribution in [-0.2, 0) is 6.18 Å². The number of halogens is 3. The fourth-order valence-electron chi connectivity index (χ4n) is 1.63. The van der Waals surface area contributed by atoms with E-state index in [2.05, 4.69) is 10.3 Å². The van der Waals surface area contributed by atoms with Crippen molar-refractivity contribution in [2.24, 2.45) is 5.73 Å². The monoisotopic (exact) mass is 300 g/mol. The van der Waals surface area contributed by atoms with E-state index in [1.165, 1.54) is 12.1 Å². The molecule has 0 radical (unpaired) electrons. The van der Waals surface area contributed by atoms with Gasteiger partial charge in [-0.1, -0.05) is 5.21 Å². The molecule has 1 heterocycles. The summed E-state index contributed by atoms with van der Waals surface area (Å²) in [5.41, 5.74) is 2.28. The maximum Gasteiger partial charge on any atom is 0.436 e. The van der Waals surface area contributed by atoms with E-state index in [0.717, 1.165) is 12.1 Å². The van der Waals surface area contributed by atoms with Gasteiger partial charge in [-0.2, -0.15) is 13.2 Å². The summed E-state index contributed by atoms with van der Waals surface area (Å²) in [6.07, 6.45) is -4.96. The first-order chi connectivity index (χ1) is 9.71. The van der Waals surface area contributed by atoms with Crippen LogP contribution in [0.4, 0.5) is 13.2 Å². The quantitative estimate of drug-likeness (QED) is 0.881. The number of carbonyl (C=O) groups excluding carboxylic acids is 1. The van der Waals surface area contributed by atoms with Gasteiger partial charge in [-0.3, -0.25) is 4.79 Å². The Balaban J connectivity index is 2.59. The predicted octanol–water partition coefficient (Wildman–Crippen LogP) is 1.08. The number of hydrogen-bond donors (Lipinski definition) is 2. The van der Waals surface area contributed by atoms with Crippen molar-refractivity contribution in [1.29, 1.82) is 0 Å². The second-order valence-corrected chi connectivity index (χ2v) is 3.91. The van der Waals surface area contributed by atoms with Crippen molar-refractivity contribution in [2.75, 3.05) is 0 Å². The van der Waals surface area contributed by atoms with E-state index in [9.17, 15) is 22.8 Å². The summed E-state index contributed by atoms with van der Waals surface area (Å²) in [5, 5.41) is 14.9. The highest BCUT2D eigenvalue weighted by Crippen LogP contribution is 2.32. The topological polar surface area (TPSA) is 111 Å². The number of hydrogen-bond acceptors (Lipinski definition) is 4. The highest BCUT2D eigenvalue weighted by Gasteiger charge is 2.42. The Morgan fingerprint density at radius 1 is 1.19 bits per heavy atom. The van der Waals surface area contributed by atoms with Crippen molar-refractivity contribution in [1.82, 2.24) is 15.0 Å². The first-order valence-electron chi connectivity index (χ1n) is 5.38. The summed E-state index contributed by atoms with van der Waals surface area (Å²) in [6, 6.07) is 4.69. The molecule has 10 heteroatoms. The summed E-state index contributed by atoms with van der Waals surface area (Å²) in [7, 11) is 0. The van der Waals surface area contributed by atoms with Gasteiger partial charge >= 0.3 is 12.1 Å². The Bertz CT molecular complexity index is 706. The molecule has 0 aliphatic heterocycles. The van der Waals surface area contributed by atoms with Gasteiger partial charge < -0.3 is 10.8 Å². The molecule has 0 bridgehead atoms. The van der Waals surface area contributed by atoms with Crippen LogP contribution < -0.4 is 5.73 Å². The highest BCUT2D eigenvalue weighted by atomic mass is 19.4. The summed E-state index contributed by atoms with van der Waals surface area (Å²) in [4.78, 5) is 21.7. The van der Waals surface area contributed by atoms with Crippen LogP contribution in [0.3, 0.4) is 0 Å². The Kier molecular flexibility index (Phi) is 3.37. The summed E-state index contributed by atoms with van der Waals surface area (Å²) < 4.78 is 39.2. The molecule has 0 aliphatic carbocycles. The molecule has 1 aromatic carbocycles. The molecule has 1 aromatic heterocycles. The predicted molar refractivity (Wildman–Crippen MR) is 61.8 cm³/mol. The Morgan fingerprint density at radius 3 is 2.19 bits per heavy atom. The summed E-state index contributed by atoms with van der Waals surface area (Å²) in [5.74, 6) is -2.59. The first-order valence-corrected chi connectivity index (χ1v) is 5.38. The van der Waals surface area contributed by atoms with Crippen LogP contribution in [0.25, 0.3) is 5.69 Å². The zero-order valence-corrected chi connectivity index (χ0v) is 10.1. The third kappa shape index (κ3) is 2.68. The average Bonchev–Trinajstić information content (AvgIpc) is 2.83. The lowest BCUT2D eigenvalue weighted by Crippen LogP contribution is -2.17. The van der Waals surface area contributed by atoms with E-state index >= 15 is 0 Å². The van der Waals surface area contributed by atoms with Crippen molar-refractivity contribution in [2.45, 2.75) is 6.18 Å². The molecule has 7 nitrogen and oxygen atoms in total. The van der Waals surface area contributed by atoms with E-state index in [-0.39, 0.29) is 11.3 Å².